The minimum Gasteiger partial charge on any atom is -0.404 e. The molecule has 0 aromatic heterocycles. The topological polar surface area (TPSA) is 9.23 Å². The molecule has 0 radical (unpaired) electrons. The maximum absolute atomic E-state index is 11.9. The van der Waals surface area contributed by atoms with Gasteiger partial charge in [-0.2, -0.15) is 0 Å². The fourth-order valence-electron chi connectivity index (χ4n) is 1.02. The van der Waals surface area contributed by atoms with E-state index in [1.54, 1.807) is 6.07 Å². The molecule has 6 heteroatoms. The Bertz CT molecular complexity index is 341. The van der Waals surface area contributed by atoms with Crippen LogP contribution in [0.15, 0.2) is 18.2 Å². The second-order valence-corrected chi connectivity index (χ2v) is 3.95. The SMILES string of the molecule is FC(F)(F)Oc1cc(CCBr)ccc1Cl. The van der Waals surface area contributed by atoms with Crippen LogP contribution < -0.4 is 4.74 Å². The van der Waals surface area contributed by atoms with E-state index in [1.807, 2.05) is 0 Å². The summed E-state index contributed by atoms with van der Waals surface area (Å²) in [6.07, 6.45) is -4.10. The Kier molecular flexibility index (Phi) is 4.28. The van der Waals surface area contributed by atoms with Gasteiger partial charge in [-0.3, -0.25) is 0 Å². The summed E-state index contributed by atoms with van der Waals surface area (Å²) in [7, 11) is 0. The molecule has 0 amide bonds. The smallest absolute Gasteiger partial charge is 0.404 e. The van der Waals surface area contributed by atoms with E-state index < -0.39 is 6.36 Å². The Morgan fingerprint density at radius 1 is 1.33 bits per heavy atom. The van der Waals surface area contributed by atoms with Crippen LogP contribution in [-0.2, 0) is 6.42 Å². The van der Waals surface area contributed by atoms with Crippen LogP contribution in [0, 0.1) is 0 Å². The van der Waals surface area contributed by atoms with Crippen molar-refractivity contribution < 1.29 is 17.9 Å². The molecule has 1 rings (SSSR count). The van der Waals surface area contributed by atoms with Crippen molar-refractivity contribution in [3.63, 3.8) is 0 Å². The molecule has 0 aliphatic rings. The molecule has 15 heavy (non-hydrogen) atoms. The van der Waals surface area contributed by atoms with Gasteiger partial charge in [-0.25, -0.2) is 0 Å². The number of hydrogen-bond acceptors (Lipinski definition) is 1. The van der Waals surface area contributed by atoms with Crippen molar-refractivity contribution in [2.24, 2.45) is 0 Å². The van der Waals surface area contributed by atoms with Gasteiger partial charge >= 0.3 is 6.36 Å². The zero-order chi connectivity index (χ0) is 11.5. The number of benzene rings is 1. The number of rotatable bonds is 3. The van der Waals surface area contributed by atoms with Crippen LogP contribution in [0.2, 0.25) is 5.02 Å². The van der Waals surface area contributed by atoms with E-state index in [1.165, 1.54) is 12.1 Å². The lowest BCUT2D eigenvalue weighted by molar-refractivity contribution is -0.274. The lowest BCUT2D eigenvalue weighted by Crippen LogP contribution is -2.17. The molecule has 84 valence electrons. The minimum atomic E-state index is -4.71. The van der Waals surface area contributed by atoms with Crippen molar-refractivity contribution in [3.8, 4) is 5.75 Å². The molecule has 1 aromatic rings. The standard InChI is InChI=1S/C9H7BrClF3O/c10-4-3-6-1-2-7(11)8(5-6)15-9(12,13)14/h1-2,5H,3-4H2. The Labute approximate surface area is 98.3 Å². The van der Waals surface area contributed by atoms with E-state index >= 15 is 0 Å². The molecule has 0 bridgehead atoms. The predicted molar refractivity (Wildman–Crippen MR) is 55.6 cm³/mol. The summed E-state index contributed by atoms with van der Waals surface area (Å²) in [4.78, 5) is 0. The van der Waals surface area contributed by atoms with Crippen LogP contribution in [-0.4, -0.2) is 11.7 Å². The lowest BCUT2D eigenvalue weighted by Gasteiger charge is -2.11. The maximum atomic E-state index is 11.9. The Hall–Kier alpha value is -0.420. The number of ether oxygens (including phenoxy) is 1. The van der Waals surface area contributed by atoms with Gasteiger partial charge in [0.25, 0.3) is 0 Å². The molecule has 0 aliphatic heterocycles. The van der Waals surface area contributed by atoms with Gasteiger partial charge in [-0.15, -0.1) is 13.2 Å². The maximum Gasteiger partial charge on any atom is 0.573 e. The first kappa shape index (κ1) is 12.6. The van der Waals surface area contributed by atoms with Crippen molar-refractivity contribution in [1.29, 1.82) is 0 Å². The Balaban J connectivity index is 2.90. The second kappa shape index (κ2) is 5.07. The summed E-state index contributed by atoms with van der Waals surface area (Å²) in [5.41, 5.74) is 0.732. The highest BCUT2D eigenvalue weighted by Gasteiger charge is 2.32. The van der Waals surface area contributed by atoms with E-state index in [0.29, 0.717) is 11.8 Å². The summed E-state index contributed by atoms with van der Waals surface area (Å²) >= 11 is 8.76. The molecule has 0 fully saturated rings. The highest BCUT2D eigenvalue weighted by molar-refractivity contribution is 9.09. The van der Waals surface area contributed by atoms with Gasteiger partial charge in [0, 0.05) is 5.33 Å². The van der Waals surface area contributed by atoms with E-state index in [2.05, 4.69) is 20.7 Å². The average Bonchev–Trinajstić information content (AvgIpc) is 2.09. The minimum absolute atomic E-state index is 0.0503. The number of aryl methyl sites for hydroxylation is 1. The quantitative estimate of drug-likeness (QED) is 0.761. The largest absolute Gasteiger partial charge is 0.573 e. The number of alkyl halides is 4. The normalized spacial score (nSPS) is 11.5. The third-order valence-corrected chi connectivity index (χ3v) is 2.31. The van der Waals surface area contributed by atoms with Gasteiger partial charge in [0.2, 0.25) is 0 Å². The molecular formula is C9H7BrClF3O. The summed E-state index contributed by atoms with van der Waals surface area (Å²) < 4.78 is 39.6. The van der Waals surface area contributed by atoms with Gasteiger partial charge in [0.05, 0.1) is 5.02 Å². The monoisotopic (exact) mass is 302 g/mol. The van der Waals surface area contributed by atoms with E-state index in [-0.39, 0.29) is 10.8 Å². The lowest BCUT2D eigenvalue weighted by atomic mass is 10.2. The fraction of sp³-hybridized carbons (Fsp3) is 0.333. The van der Waals surface area contributed by atoms with Crippen molar-refractivity contribution in [1.82, 2.24) is 0 Å². The Morgan fingerprint density at radius 3 is 2.53 bits per heavy atom. The molecule has 1 aromatic carbocycles. The van der Waals surface area contributed by atoms with E-state index in [4.69, 9.17) is 11.6 Å². The summed E-state index contributed by atoms with van der Waals surface area (Å²) in [5.74, 6) is -0.359. The first-order chi connectivity index (χ1) is 6.92. The summed E-state index contributed by atoms with van der Waals surface area (Å²) in [5, 5.41) is 0.616. The number of hydrogen-bond donors (Lipinski definition) is 0. The van der Waals surface area contributed by atoms with Crippen LogP contribution in [0.4, 0.5) is 13.2 Å². The first-order valence-electron chi connectivity index (χ1n) is 4.02. The highest BCUT2D eigenvalue weighted by atomic mass is 79.9. The van der Waals surface area contributed by atoms with E-state index in [0.717, 1.165) is 5.56 Å². The zero-order valence-electron chi connectivity index (χ0n) is 7.44. The molecule has 0 spiro atoms. The van der Waals surface area contributed by atoms with Gasteiger partial charge in [-0.05, 0) is 24.1 Å². The highest BCUT2D eigenvalue weighted by Crippen LogP contribution is 2.31. The van der Waals surface area contributed by atoms with Crippen molar-refractivity contribution in [2.45, 2.75) is 12.8 Å². The van der Waals surface area contributed by atoms with Gasteiger partial charge in [-0.1, -0.05) is 33.6 Å². The third kappa shape index (κ3) is 4.30. The molecule has 0 aliphatic carbocycles. The Morgan fingerprint density at radius 2 is 2.00 bits per heavy atom. The first-order valence-corrected chi connectivity index (χ1v) is 5.52. The molecule has 1 nitrogen and oxygen atoms in total. The van der Waals surface area contributed by atoms with Crippen LogP contribution >= 0.6 is 27.5 Å². The van der Waals surface area contributed by atoms with Gasteiger partial charge in [0.1, 0.15) is 5.75 Å². The zero-order valence-corrected chi connectivity index (χ0v) is 9.79. The third-order valence-electron chi connectivity index (χ3n) is 1.60. The molecule has 0 unspecified atom stereocenters. The van der Waals surface area contributed by atoms with Gasteiger partial charge < -0.3 is 4.74 Å². The summed E-state index contributed by atoms with van der Waals surface area (Å²) in [6.45, 7) is 0. The molecule has 0 atom stereocenters. The van der Waals surface area contributed by atoms with Crippen molar-refractivity contribution in [3.05, 3.63) is 28.8 Å². The van der Waals surface area contributed by atoms with Crippen LogP contribution in [0.1, 0.15) is 5.56 Å². The van der Waals surface area contributed by atoms with Crippen LogP contribution in [0.25, 0.3) is 0 Å². The van der Waals surface area contributed by atoms with E-state index in [9.17, 15) is 13.2 Å². The molecule has 0 saturated heterocycles. The predicted octanol–water partition coefficient (Wildman–Crippen LogP) is 4.18. The van der Waals surface area contributed by atoms with Crippen molar-refractivity contribution in [2.75, 3.05) is 5.33 Å². The van der Waals surface area contributed by atoms with Gasteiger partial charge in [0.15, 0.2) is 0 Å². The second-order valence-electron chi connectivity index (χ2n) is 2.75. The van der Waals surface area contributed by atoms with Crippen LogP contribution in [0.3, 0.4) is 0 Å². The van der Waals surface area contributed by atoms with Crippen LogP contribution in [0.5, 0.6) is 5.75 Å². The summed E-state index contributed by atoms with van der Waals surface area (Å²) in [6, 6.07) is 4.34. The number of halogens is 5. The van der Waals surface area contributed by atoms with Crippen molar-refractivity contribution >= 4 is 27.5 Å². The molecule has 0 N–H and O–H groups in total. The molecular weight excluding hydrogens is 296 g/mol. The fourth-order valence-corrected chi connectivity index (χ4v) is 1.63. The average molecular weight is 304 g/mol. The molecule has 0 saturated carbocycles. The molecule has 0 heterocycles.